The maximum Gasteiger partial charge on any atom is 0.252 e. The minimum atomic E-state index is -0.101. The van der Waals surface area contributed by atoms with Crippen LogP contribution in [-0.2, 0) is 0 Å². The molecular weight excluding hydrogens is 240 g/mol. The summed E-state index contributed by atoms with van der Waals surface area (Å²) in [7, 11) is 0. The van der Waals surface area contributed by atoms with Gasteiger partial charge in [-0.2, -0.15) is 0 Å². The van der Waals surface area contributed by atoms with Crippen LogP contribution in [0.1, 0.15) is 46.4 Å². The SMILES string of the molecule is CCN(CC)CC(C)Nc1cc(=O)[nH]c(C(C)C)n1. The minimum absolute atomic E-state index is 0.101. The lowest BCUT2D eigenvalue weighted by atomic mass is 10.2. The molecule has 5 nitrogen and oxygen atoms in total. The third kappa shape index (κ3) is 5.03. The summed E-state index contributed by atoms with van der Waals surface area (Å²) < 4.78 is 0. The molecule has 1 aromatic rings. The standard InChI is InChI=1S/C14H26N4O/c1-6-18(7-2)9-11(5)15-12-8-13(19)17-14(16-12)10(3)4/h8,10-11H,6-7,9H2,1-5H3,(H2,15,16,17,19). The lowest BCUT2D eigenvalue weighted by Gasteiger charge is -2.23. The summed E-state index contributed by atoms with van der Waals surface area (Å²) in [4.78, 5) is 21.1. The summed E-state index contributed by atoms with van der Waals surface area (Å²) >= 11 is 0. The molecule has 1 rings (SSSR count). The topological polar surface area (TPSA) is 61.0 Å². The lowest BCUT2D eigenvalue weighted by Crippen LogP contribution is -2.35. The van der Waals surface area contributed by atoms with Crippen LogP contribution in [0.15, 0.2) is 10.9 Å². The van der Waals surface area contributed by atoms with E-state index in [2.05, 4.69) is 41.0 Å². The molecule has 0 saturated heterocycles. The second-order valence-corrected chi connectivity index (χ2v) is 5.20. The van der Waals surface area contributed by atoms with Crippen LogP contribution in [0.25, 0.3) is 0 Å². The monoisotopic (exact) mass is 266 g/mol. The van der Waals surface area contributed by atoms with Crippen molar-refractivity contribution in [2.24, 2.45) is 0 Å². The number of aromatic nitrogens is 2. The van der Waals surface area contributed by atoms with Crippen LogP contribution in [-0.4, -0.2) is 40.5 Å². The molecule has 0 bridgehead atoms. The van der Waals surface area contributed by atoms with Crippen LogP contribution in [0.2, 0.25) is 0 Å². The lowest BCUT2D eigenvalue weighted by molar-refractivity contribution is 0.294. The van der Waals surface area contributed by atoms with E-state index >= 15 is 0 Å². The summed E-state index contributed by atoms with van der Waals surface area (Å²) in [5.74, 6) is 1.60. The zero-order valence-corrected chi connectivity index (χ0v) is 12.7. The molecule has 0 aliphatic carbocycles. The molecule has 0 aliphatic heterocycles. The van der Waals surface area contributed by atoms with Gasteiger partial charge in [-0.15, -0.1) is 0 Å². The minimum Gasteiger partial charge on any atom is -0.366 e. The molecule has 0 saturated carbocycles. The third-order valence-corrected chi connectivity index (χ3v) is 3.13. The van der Waals surface area contributed by atoms with Crippen molar-refractivity contribution >= 4 is 5.82 Å². The largest absolute Gasteiger partial charge is 0.366 e. The molecule has 0 fully saturated rings. The van der Waals surface area contributed by atoms with E-state index in [-0.39, 0.29) is 17.5 Å². The average molecular weight is 266 g/mol. The number of hydrogen-bond donors (Lipinski definition) is 2. The van der Waals surface area contributed by atoms with Crippen LogP contribution < -0.4 is 10.9 Å². The van der Waals surface area contributed by atoms with Gasteiger partial charge >= 0.3 is 0 Å². The van der Waals surface area contributed by atoms with Gasteiger partial charge in [-0.3, -0.25) is 4.79 Å². The van der Waals surface area contributed by atoms with Crippen molar-refractivity contribution in [1.29, 1.82) is 0 Å². The second kappa shape index (κ2) is 7.28. The van der Waals surface area contributed by atoms with Gasteiger partial charge < -0.3 is 15.2 Å². The first-order valence-corrected chi connectivity index (χ1v) is 7.06. The quantitative estimate of drug-likeness (QED) is 0.793. The van der Waals surface area contributed by atoms with E-state index < -0.39 is 0 Å². The van der Waals surface area contributed by atoms with Crippen molar-refractivity contribution in [3.05, 3.63) is 22.2 Å². The highest BCUT2D eigenvalue weighted by molar-refractivity contribution is 5.34. The zero-order valence-electron chi connectivity index (χ0n) is 12.7. The molecular formula is C14H26N4O. The first kappa shape index (κ1) is 15.7. The number of hydrogen-bond acceptors (Lipinski definition) is 4. The average Bonchev–Trinajstić information content (AvgIpc) is 2.35. The van der Waals surface area contributed by atoms with Crippen LogP contribution in [0.4, 0.5) is 5.82 Å². The van der Waals surface area contributed by atoms with Gasteiger partial charge in [-0.25, -0.2) is 4.98 Å². The van der Waals surface area contributed by atoms with Crippen LogP contribution in [0.5, 0.6) is 0 Å². The molecule has 0 amide bonds. The van der Waals surface area contributed by atoms with E-state index in [1.165, 1.54) is 6.07 Å². The molecule has 1 heterocycles. The Labute approximate surface area is 115 Å². The Kier molecular flexibility index (Phi) is 6.02. The normalized spacial score (nSPS) is 13.0. The first-order chi connectivity index (χ1) is 8.96. The maximum atomic E-state index is 11.6. The molecule has 0 spiro atoms. The summed E-state index contributed by atoms with van der Waals surface area (Å²) in [6, 6.07) is 1.78. The molecule has 0 aliphatic rings. The Morgan fingerprint density at radius 3 is 2.47 bits per heavy atom. The van der Waals surface area contributed by atoms with Gasteiger partial charge in [0.1, 0.15) is 11.6 Å². The van der Waals surface area contributed by atoms with Crippen molar-refractivity contribution < 1.29 is 0 Å². The number of likely N-dealkylation sites (N-methyl/N-ethyl adjacent to an activating group) is 1. The van der Waals surface area contributed by atoms with Gasteiger partial charge in [0, 0.05) is 24.6 Å². The summed E-state index contributed by atoms with van der Waals surface area (Å²) in [5, 5.41) is 3.30. The van der Waals surface area contributed by atoms with E-state index in [0.29, 0.717) is 5.82 Å². The molecule has 19 heavy (non-hydrogen) atoms. The van der Waals surface area contributed by atoms with E-state index in [1.807, 2.05) is 13.8 Å². The van der Waals surface area contributed by atoms with Gasteiger partial charge in [-0.1, -0.05) is 27.7 Å². The Morgan fingerprint density at radius 1 is 1.32 bits per heavy atom. The first-order valence-electron chi connectivity index (χ1n) is 7.06. The predicted octanol–water partition coefficient (Wildman–Crippen LogP) is 2.04. The number of H-pyrrole nitrogens is 1. The number of aromatic amines is 1. The fraction of sp³-hybridized carbons (Fsp3) is 0.714. The summed E-state index contributed by atoms with van der Waals surface area (Å²) in [6.07, 6.45) is 0. The Hall–Kier alpha value is -1.36. The predicted molar refractivity (Wildman–Crippen MR) is 79.8 cm³/mol. The fourth-order valence-electron chi connectivity index (χ4n) is 1.99. The molecule has 1 aromatic heterocycles. The van der Waals surface area contributed by atoms with Crippen molar-refractivity contribution in [2.75, 3.05) is 25.0 Å². The summed E-state index contributed by atoms with van der Waals surface area (Å²) in [6.45, 7) is 13.4. The Bertz CT molecular complexity index is 437. The smallest absolute Gasteiger partial charge is 0.252 e. The van der Waals surface area contributed by atoms with Crippen molar-refractivity contribution in [2.45, 2.75) is 46.6 Å². The number of nitrogens with one attached hydrogen (secondary N) is 2. The van der Waals surface area contributed by atoms with Crippen LogP contribution in [0, 0.1) is 0 Å². The highest BCUT2D eigenvalue weighted by Crippen LogP contribution is 2.10. The maximum absolute atomic E-state index is 11.6. The van der Waals surface area contributed by atoms with E-state index in [9.17, 15) is 4.79 Å². The molecule has 0 radical (unpaired) electrons. The molecule has 108 valence electrons. The Morgan fingerprint density at radius 2 is 1.95 bits per heavy atom. The number of nitrogens with zero attached hydrogens (tertiary/aromatic N) is 2. The summed E-state index contributed by atoms with van der Waals surface area (Å²) in [5.41, 5.74) is -0.101. The molecule has 1 unspecified atom stereocenters. The van der Waals surface area contributed by atoms with Gasteiger partial charge in [0.15, 0.2) is 0 Å². The zero-order chi connectivity index (χ0) is 14.4. The highest BCUT2D eigenvalue weighted by Gasteiger charge is 2.10. The van der Waals surface area contributed by atoms with Gasteiger partial charge in [-0.05, 0) is 20.0 Å². The van der Waals surface area contributed by atoms with Gasteiger partial charge in [0.25, 0.3) is 5.56 Å². The van der Waals surface area contributed by atoms with E-state index in [4.69, 9.17) is 0 Å². The van der Waals surface area contributed by atoms with Gasteiger partial charge in [0.2, 0.25) is 0 Å². The van der Waals surface area contributed by atoms with Crippen molar-refractivity contribution in [3.63, 3.8) is 0 Å². The van der Waals surface area contributed by atoms with Crippen molar-refractivity contribution in [3.8, 4) is 0 Å². The van der Waals surface area contributed by atoms with E-state index in [0.717, 1.165) is 25.5 Å². The van der Waals surface area contributed by atoms with Gasteiger partial charge in [0.05, 0.1) is 0 Å². The van der Waals surface area contributed by atoms with Crippen LogP contribution in [0.3, 0.4) is 0 Å². The number of anilines is 1. The van der Waals surface area contributed by atoms with Crippen molar-refractivity contribution in [1.82, 2.24) is 14.9 Å². The van der Waals surface area contributed by atoms with Crippen LogP contribution >= 0.6 is 0 Å². The van der Waals surface area contributed by atoms with E-state index in [1.54, 1.807) is 0 Å². The fourth-order valence-corrected chi connectivity index (χ4v) is 1.99. The number of rotatable bonds is 7. The third-order valence-electron chi connectivity index (χ3n) is 3.13. The highest BCUT2D eigenvalue weighted by atomic mass is 16.1. The molecule has 1 atom stereocenters. The molecule has 2 N–H and O–H groups in total. The Balaban J connectivity index is 2.73. The molecule has 5 heteroatoms. The second-order valence-electron chi connectivity index (χ2n) is 5.20. The molecule has 0 aromatic carbocycles.